The molecule has 8 nitrogen and oxygen atoms in total. The van der Waals surface area contributed by atoms with E-state index in [4.69, 9.17) is 10.9 Å². The van der Waals surface area contributed by atoms with Crippen LogP contribution in [0.15, 0.2) is 29.2 Å². The minimum atomic E-state index is -3.87. The molecule has 1 aliphatic rings. The van der Waals surface area contributed by atoms with Crippen LogP contribution in [0.4, 0.5) is 5.69 Å². The fraction of sp³-hybridized carbons (Fsp3) is 0.529. The Bertz CT molecular complexity index is 788. The lowest BCUT2D eigenvalue weighted by molar-refractivity contribution is -0.128. The second-order valence-electron chi connectivity index (χ2n) is 6.63. The summed E-state index contributed by atoms with van der Waals surface area (Å²) in [5.41, 5.74) is 5.76. The molecule has 152 valence electrons. The monoisotopic (exact) mass is 418 g/mol. The highest BCUT2D eigenvalue weighted by molar-refractivity contribution is 7.89. The van der Waals surface area contributed by atoms with E-state index in [2.05, 4.69) is 5.32 Å². The lowest BCUT2D eigenvalue weighted by Gasteiger charge is -2.32. The third-order valence-electron chi connectivity index (χ3n) is 5.09. The normalized spacial score (nSPS) is 17.6. The number of halogens is 1. The first-order chi connectivity index (χ1) is 12.2. The molecule has 27 heavy (non-hydrogen) atoms. The fourth-order valence-electron chi connectivity index (χ4n) is 3.09. The van der Waals surface area contributed by atoms with E-state index in [1.54, 1.807) is 6.07 Å². The van der Waals surface area contributed by atoms with E-state index in [1.165, 1.54) is 23.1 Å². The molecule has 0 radical (unpaired) electrons. The summed E-state index contributed by atoms with van der Waals surface area (Å²) in [5.74, 6) is -0.953. The molecule has 1 atom stereocenters. The van der Waals surface area contributed by atoms with Crippen molar-refractivity contribution in [3.63, 3.8) is 0 Å². The third-order valence-corrected chi connectivity index (χ3v) is 6.00. The molecule has 1 unspecified atom stereocenters. The standard InChI is InChI=1S/C17H26N4O4S.ClH/c1-3-17(4-2,11-18)20-16(23)12-8-15(22)21(10-12)13-6-5-7-14(9-13)26(19,24)25;/h5-7,9,12H,3-4,8,10-11,18H2,1-2H3,(H,20,23)(H2,19,24,25);1H. The Labute approximate surface area is 166 Å². The maximum atomic E-state index is 12.6. The first kappa shape index (κ1) is 23.4. The molecule has 0 bridgehead atoms. The average Bonchev–Trinajstić information content (AvgIpc) is 3.01. The van der Waals surface area contributed by atoms with E-state index in [1.807, 2.05) is 13.8 Å². The molecule has 0 spiro atoms. The van der Waals surface area contributed by atoms with Crippen LogP contribution >= 0.6 is 12.4 Å². The predicted octanol–water partition coefficient (Wildman–Crippen LogP) is 0.742. The zero-order valence-electron chi connectivity index (χ0n) is 15.5. The van der Waals surface area contributed by atoms with Gasteiger partial charge in [-0.1, -0.05) is 19.9 Å². The fourth-order valence-corrected chi connectivity index (χ4v) is 3.64. The van der Waals surface area contributed by atoms with E-state index in [-0.39, 0.29) is 42.1 Å². The van der Waals surface area contributed by atoms with Crippen LogP contribution in [0.5, 0.6) is 0 Å². The molecule has 0 saturated carbocycles. The number of hydrogen-bond donors (Lipinski definition) is 3. The lowest BCUT2D eigenvalue weighted by Crippen LogP contribution is -2.54. The van der Waals surface area contributed by atoms with Crippen molar-refractivity contribution in [2.24, 2.45) is 16.8 Å². The highest BCUT2D eigenvalue weighted by atomic mass is 35.5. The summed E-state index contributed by atoms with van der Waals surface area (Å²) in [6.07, 6.45) is 1.47. The third kappa shape index (κ3) is 5.19. The minimum Gasteiger partial charge on any atom is -0.349 e. The van der Waals surface area contributed by atoms with Gasteiger partial charge in [-0.2, -0.15) is 0 Å². The summed E-state index contributed by atoms with van der Waals surface area (Å²) in [4.78, 5) is 26.3. The Morgan fingerprint density at radius 2 is 1.96 bits per heavy atom. The minimum absolute atomic E-state index is 0. The smallest absolute Gasteiger partial charge is 0.238 e. The molecule has 1 heterocycles. The summed E-state index contributed by atoms with van der Waals surface area (Å²) < 4.78 is 23.0. The van der Waals surface area contributed by atoms with Crippen LogP contribution in [0.1, 0.15) is 33.1 Å². The van der Waals surface area contributed by atoms with Gasteiger partial charge in [0.15, 0.2) is 0 Å². The van der Waals surface area contributed by atoms with Crippen molar-refractivity contribution in [2.45, 2.75) is 43.5 Å². The summed E-state index contributed by atoms with van der Waals surface area (Å²) in [6, 6.07) is 5.84. The van der Waals surface area contributed by atoms with Crippen molar-refractivity contribution in [2.75, 3.05) is 18.0 Å². The van der Waals surface area contributed by atoms with Gasteiger partial charge in [0.25, 0.3) is 0 Å². The molecule has 1 fully saturated rings. The van der Waals surface area contributed by atoms with Crippen molar-refractivity contribution in [3.05, 3.63) is 24.3 Å². The zero-order valence-corrected chi connectivity index (χ0v) is 17.1. The summed E-state index contributed by atoms with van der Waals surface area (Å²) >= 11 is 0. The Hall–Kier alpha value is -1.68. The number of amides is 2. The molecule has 1 saturated heterocycles. The van der Waals surface area contributed by atoms with Crippen molar-refractivity contribution in [1.29, 1.82) is 0 Å². The maximum Gasteiger partial charge on any atom is 0.238 e. The molecule has 1 aromatic rings. The number of sulfonamides is 1. The zero-order chi connectivity index (χ0) is 19.5. The van der Waals surface area contributed by atoms with Gasteiger partial charge in [-0.05, 0) is 31.0 Å². The number of anilines is 1. The maximum absolute atomic E-state index is 12.6. The Kier molecular flexibility index (Phi) is 7.79. The van der Waals surface area contributed by atoms with Crippen molar-refractivity contribution in [3.8, 4) is 0 Å². The van der Waals surface area contributed by atoms with Gasteiger partial charge in [-0.3, -0.25) is 9.59 Å². The first-order valence-electron chi connectivity index (χ1n) is 8.61. The van der Waals surface area contributed by atoms with Crippen molar-refractivity contribution < 1.29 is 18.0 Å². The van der Waals surface area contributed by atoms with Gasteiger partial charge in [-0.25, -0.2) is 13.6 Å². The van der Waals surface area contributed by atoms with Gasteiger partial charge < -0.3 is 16.0 Å². The highest BCUT2D eigenvalue weighted by Gasteiger charge is 2.38. The van der Waals surface area contributed by atoms with Crippen LogP contribution in [0.3, 0.4) is 0 Å². The second-order valence-corrected chi connectivity index (χ2v) is 8.19. The number of carbonyl (C=O) groups is 2. The number of rotatable bonds is 7. The number of nitrogens with zero attached hydrogens (tertiary/aromatic N) is 1. The molecule has 0 aromatic heterocycles. The van der Waals surface area contributed by atoms with Gasteiger partial charge >= 0.3 is 0 Å². The molecule has 2 rings (SSSR count). The second kappa shape index (κ2) is 9.01. The van der Waals surface area contributed by atoms with Crippen molar-refractivity contribution >= 4 is 39.9 Å². The van der Waals surface area contributed by atoms with E-state index >= 15 is 0 Å². The van der Waals surface area contributed by atoms with E-state index in [0.717, 1.165) is 0 Å². The van der Waals surface area contributed by atoms with Gasteiger partial charge in [0.1, 0.15) is 0 Å². The van der Waals surface area contributed by atoms with Crippen LogP contribution in [-0.4, -0.2) is 38.9 Å². The van der Waals surface area contributed by atoms with E-state index in [9.17, 15) is 18.0 Å². The first-order valence-corrected chi connectivity index (χ1v) is 10.2. The van der Waals surface area contributed by atoms with Crippen LogP contribution in [0, 0.1) is 5.92 Å². The largest absolute Gasteiger partial charge is 0.349 e. The molecule has 5 N–H and O–H groups in total. The average molecular weight is 419 g/mol. The molecule has 2 amide bonds. The molecular formula is C17H27ClN4O4S. The molecule has 1 aromatic carbocycles. The van der Waals surface area contributed by atoms with Gasteiger partial charge in [0.2, 0.25) is 21.8 Å². The summed E-state index contributed by atoms with van der Waals surface area (Å²) in [6.45, 7) is 4.43. The Morgan fingerprint density at radius 3 is 2.48 bits per heavy atom. The highest BCUT2D eigenvalue weighted by Crippen LogP contribution is 2.27. The summed E-state index contributed by atoms with van der Waals surface area (Å²) in [5, 5.41) is 8.13. The predicted molar refractivity (Wildman–Crippen MR) is 106 cm³/mol. The van der Waals surface area contributed by atoms with Crippen LogP contribution < -0.4 is 21.1 Å². The molecular weight excluding hydrogens is 392 g/mol. The number of benzene rings is 1. The topological polar surface area (TPSA) is 136 Å². The lowest BCUT2D eigenvalue weighted by atomic mass is 9.91. The van der Waals surface area contributed by atoms with Crippen molar-refractivity contribution in [1.82, 2.24) is 5.32 Å². The van der Waals surface area contributed by atoms with E-state index < -0.39 is 21.5 Å². The van der Waals surface area contributed by atoms with Gasteiger partial charge in [-0.15, -0.1) is 12.4 Å². The number of nitrogens with one attached hydrogen (secondary N) is 1. The Balaban J connectivity index is 0.00000364. The Morgan fingerprint density at radius 1 is 1.33 bits per heavy atom. The quantitative estimate of drug-likeness (QED) is 0.600. The number of primary sulfonamides is 1. The number of hydrogen-bond acceptors (Lipinski definition) is 5. The molecule has 1 aliphatic heterocycles. The summed E-state index contributed by atoms with van der Waals surface area (Å²) in [7, 11) is -3.87. The van der Waals surface area contributed by atoms with Crippen LogP contribution in [0.2, 0.25) is 0 Å². The molecule has 0 aliphatic carbocycles. The van der Waals surface area contributed by atoms with Crippen LogP contribution in [0.25, 0.3) is 0 Å². The molecule has 10 heteroatoms. The number of nitrogens with two attached hydrogens (primary N) is 2. The van der Waals surface area contributed by atoms with Gasteiger partial charge in [0.05, 0.1) is 16.4 Å². The van der Waals surface area contributed by atoms with Gasteiger partial charge in [0, 0.05) is 25.2 Å². The van der Waals surface area contributed by atoms with E-state index in [0.29, 0.717) is 25.1 Å². The number of carbonyl (C=O) groups excluding carboxylic acids is 2. The van der Waals surface area contributed by atoms with Crippen LogP contribution in [-0.2, 0) is 19.6 Å². The SMILES string of the molecule is CCC(CC)(CN)NC(=O)C1CC(=O)N(c2cccc(S(N)(=O)=O)c2)C1.Cl.